The van der Waals surface area contributed by atoms with Crippen LogP contribution in [0.15, 0.2) is 24.3 Å². The monoisotopic (exact) mass is 304 g/mol. The third kappa shape index (κ3) is 6.03. The molecule has 3 N–H and O–H groups in total. The number of halogens is 3. The van der Waals surface area contributed by atoms with Crippen molar-refractivity contribution < 1.29 is 22.7 Å². The number of carbonyl (C=O) groups is 1. The molecule has 0 aliphatic rings. The number of benzene rings is 1. The van der Waals surface area contributed by atoms with Crippen LogP contribution in [0.5, 0.6) is 5.75 Å². The first-order valence-corrected chi connectivity index (χ1v) is 6.51. The van der Waals surface area contributed by atoms with Crippen molar-refractivity contribution in [3.63, 3.8) is 0 Å². The molecule has 0 radical (unpaired) electrons. The van der Waals surface area contributed by atoms with Crippen LogP contribution in [0.3, 0.4) is 0 Å². The molecule has 21 heavy (non-hydrogen) atoms. The van der Waals surface area contributed by atoms with Gasteiger partial charge in [0.2, 0.25) is 5.91 Å². The fraction of sp³-hybridized carbons (Fsp3) is 0.500. The first-order valence-electron chi connectivity index (χ1n) is 6.51. The molecule has 0 spiro atoms. The van der Waals surface area contributed by atoms with Crippen molar-refractivity contribution in [2.75, 3.05) is 6.61 Å². The van der Waals surface area contributed by atoms with Crippen LogP contribution in [0.2, 0.25) is 0 Å². The topological polar surface area (TPSA) is 64.4 Å². The predicted molar refractivity (Wildman–Crippen MR) is 72.7 cm³/mol. The largest absolute Gasteiger partial charge is 0.484 e. The Kier molecular flexibility index (Phi) is 6.02. The van der Waals surface area contributed by atoms with Gasteiger partial charge >= 0.3 is 6.18 Å². The minimum Gasteiger partial charge on any atom is -0.484 e. The molecule has 0 fully saturated rings. The fourth-order valence-corrected chi connectivity index (χ4v) is 1.53. The number of para-hydroxylation sites is 1. The van der Waals surface area contributed by atoms with Crippen LogP contribution in [0.1, 0.15) is 19.4 Å². The van der Waals surface area contributed by atoms with Gasteiger partial charge in [0.15, 0.2) is 6.61 Å². The summed E-state index contributed by atoms with van der Waals surface area (Å²) in [5, 5.41) is 2.64. The van der Waals surface area contributed by atoms with Gasteiger partial charge in [0.1, 0.15) is 5.75 Å². The second-order valence-electron chi connectivity index (χ2n) is 4.88. The Labute approximate surface area is 121 Å². The normalized spacial score (nSPS) is 14.4. The molecule has 118 valence electrons. The molecular weight excluding hydrogens is 285 g/mol. The lowest BCUT2D eigenvalue weighted by molar-refractivity contribution is -0.153. The third-order valence-electron chi connectivity index (χ3n) is 3.02. The highest BCUT2D eigenvalue weighted by molar-refractivity contribution is 5.78. The van der Waals surface area contributed by atoms with Gasteiger partial charge in [-0.3, -0.25) is 4.79 Å². The molecule has 0 heterocycles. The summed E-state index contributed by atoms with van der Waals surface area (Å²) in [5.41, 5.74) is 6.10. The standard InChI is InChI=1S/C14H19F3N2O2/c1-9(10(2)18)13(20)19-7-11-5-3-4-6-12(11)21-8-14(15,16)17/h3-6,9-10H,7-8,18H2,1-2H3,(H,19,20). The smallest absolute Gasteiger partial charge is 0.422 e. The van der Waals surface area contributed by atoms with Crippen molar-refractivity contribution in [2.45, 2.75) is 32.6 Å². The molecule has 0 aromatic heterocycles. The van der Waals surface area contributed by atoms with Crippen molar-refractivity contribution in [1.82, 2.24) is 5.32 Å². The van der Waals surface area contributed by atoms with E-state index in [1.165, 1.54) is 6.07 Å². The fourth-order valence-electron chi connectivity index (χ4n) is 1.53. The minimum absolute atomic E-state index is 0.0872. The number of rotatable bonds is 6. The van der Waals surface area contributed by atoms with Gasteiger partial charge in [-0.2, -0.15) is 13.2 Å². The molecule has 1 aromatic rings. The summed E-state index contributed by atoms with van der Waals surface area (Å²) in [5.74, 6) is -0.535. The van der Waals surface area contributed by atoms with Crippen LogP contribution in [0.4, 0.5) is 13.2 Å². The van der Waals surface area contributed by atoms with Gasteiger partial charge in [0, 0.05) is 24.1 Å². The molecule has 7 heteroatoms. The number of alkyl halides is 3. The quantitative estimate of drug-likeness (QED) is 0.847. The zero-order valence-corrected chi connectivity index (χ0v) is 11.9. The SMILES string of the molecule is CC(N)C(C)C(=O)NCc1ccccc1OCC(F)(F)F. The van der Waals surface area contributed by atoms with E-state index in [1.807, 2.05) is 0 Å². The maximum atomic E-state index is 12.2. The van der Waals surface area contributed by atoms with Gasteiger partial charge in [-0.1, -0.05) is 25.1 Å². The molecular formula is C14H19F3N2O2. The number of amides is 1. The lowest BCUT2D eigenvalue weighted by atomic mass is 10.0. The van der Waals surface area contributed by atoms with E-state index < -0.39 is 12.8 Å². The third-order valence-corrected chi connectivity index (χ3v) is 3.02. The highest BCUT2D eigenvalue weighted by Gasteiger charge is 2.28. The lowest BCUT2D eigenvalue weighted by Gasteiger charge is -2.17. The van der Waals surface area contributed by atoms with Crippen LogP contribution in [-0.4, -0.2) is 24.7 Å². The highest BCUT2D eigenvalue weighted by Crippen LogP contribution is 2.22. The van der Waals surface area contributed by atoms with Crippen LogP contribution in [-0.2, 0) is 11.3 Å². The van der Waals surface area contributed by atoms with Gasteiger partial charge in [0.25, 0.3) is 0 Å². The molecule has 1 amide bonds. The summed E-state index contributed by atoms with van der Waals surface area (Å²) < 4.78 is 41.3. The van der Waals surface area contributed by atoms with Gasteiger partial charge in [0.05, 0.1) is 0 Å². The van der Waals surface area contributed by atoms with E-state index in [4.69, 9.17) is 10.5 Å². The van der Waals surface area contributed by atoms with E-state index in [9.17, 15) is 18.0 Å². The maximum Gasteiger partial charge on any atom is 0.422 e. The summed E-state index contributed by atoms with van der Waals surface area (Å²) in [4.78, 5) is 11.8. The minimum atomic E-state index is -4.40. The van der Waals surface area contributed by atoms with Crippen molar-refractivity contribution in [3.05, 3.63) is 29.8 Å². The Morgan fingerprint density at radius 1 is 1.33 bits per heavy atom. The number of nitrogens with two attached hydrogens (primary N) is 1. The van der Waals surface area contributed by atoms with E-state index in [0.29, 0.717) is 5.56 Å². The Morgan fingerprint density at radius 3 is 2.52 bits per heavy atom. The Bertz CT molecular complexity index is 476. The first kappa shape index (κ1) is 17.3. The molecule has 2 unspecified atom stereocenters. The van der Waals surface area contributed by atoms with Crippen molar-refractivity contribution in [2.24, 2.45) is 11.7 Å². The summed E-state index contributed by atoms with van der Waals surface area (Å²) >= 11 is 0. The maximum absolute atomic E-state index is 12.2. The molecule has 0 saturated heterocycles. The molecule has 4 nitrogen and oxygen atoms in total. The van der Waals surface area contributed by atoms with E-state index in [-0.39, 0.29) is 30.2 Å². The second kappa shape index (κ2) is 7.31. The Morgan fingerprint density at radius 2 is 1.95 bits per heavy atom. The second-order valence-corrected chi connectivity index (χ2v) is 4.88. The summed E-state index contributed by atoms with van der Waals surface area (Å²) in [6, 6.07) is 5.96. The molecule has 0 aliphatic heterocycles. The average Bonchev–Trinajstić information content (AvgIpc) is 2.41. The number of hydrogen-bond acceptors (Lipinski definition) is 3. The molecule has 0 saturated carbocycles. The average molecular weight is 304 g/mol. The Hall–Kier alpha value is -1.76. The first-order chi connectivity index (χ1) is 9.70. The predicted octanol–water partition coefficient (Wildman–Crippen LogP) is 2.23. The van der Waals surface area contributed by atoms with E-state index in [0.717, 1.165) is 0 Å². The van der Waals surface area contributed by atoms with Crippen LogP contribution < -0.4 is 15.8 Å². The van der Waals surface area contributed by atoms with Crippen LogP contribution in [0.25, 0.3) is 0 Å². The molecule has 0 aliphatic carbocycles. The van der Waals surface area contributed by atoms with E-state index in [1.54, 1.807) is 32.0 Å². The van der Waals surface area contributed by atoms with Crippen molar-refractivity contribution in [1.29, 1.82) is 0 Å². The van der Waals surface area contributed by atoms with Crippen LogP contribution in [0, 0.1) is 5.92 Å². The van der Waals surface area contributed by atoms with Gasteiger partial charge in [-0.25, -0.2) is 0 Å². The number of ether oxygens (including phenoxy) is 1. The summed E-state index contributed by atoms with van der Waals surface area (Å²) in [6.07, 6.45) is -4.40. The van der Waals surface area contributed by atoms with Gasteiger partial charge in [-0.15, -0.1) is 0 Å². The molecule has 2 atom stereocenters. The van der Waals surface area contributed by atoms with E-state index >= 15 is 0 Å². The van der Waals surface area contributed by atoms with E-state index in [2.05, 4.69) is 5.32 Å². The van der Waals surface area contributed by atoms with Crippen molar-refractivity contribution in [3.8, 4) is 5.75 Å². The highest BCUT2D eigenvalue weighted by atomic mass is 19.4. The van der Waals surface area contributed by atoms with Gasteiger partial charge in [-0.05, 0) is 13.0 Å². The summed E-state index contributed by atoms with van der Waals surface area (Å²) in [7, 11) is 0. The van der Waals surface area contributed by atoms with Crippen LogP contribution >= 0.6 is 0 Å². The summed E-state index contributed by atoms with van der Waals surface area (Å²) in [6.45, 7) is 2.12. The zero-order chi connectivity index (χ0) is 16.0. The number of hydrogen-bond donors (Lipinski definition) is 2. The van der Waals surface area contributed by atoms with Gasteiger partial charge < -0.3 is 15.8 Å². The lowest BCUT2D eigenvalue weighted by Crippen LogP contribution is -2.38. The molecule has 0 bridgehead atoms. The number of carbonyl (C=O) groups excluding carboxylic acids is 1. The number of nitrogens with one attached hydrogen (secondary N) is 1. The molecule has 1 aromatic carbocycles. The zero-order valence-electron chi connectivity index (χ0n) is 11.9. The molecule has 1 rings (SSSR count). The van der Waals surface area contributed by atoms with Crippen molar-refractivity contribution >= 4 is 5.91 Å². The Balaban J connectivity index is 2.65.